The monoisotopic (exact) mass is 371 g/mol. The van der Waals surface area contributed by atoms with Crippen LogP contribution in [0.25, 0.3) is 0 Å². The minimum Gasteiger partial charge on any atom is -0.207 e. The van der Waals surface area contributed by atoms with E-state index in [2.05, 4.69) is 25.7 Å². The number of aryl methyl sites for hydroxylation is 1. The molecule has 0 saturated carbocycles. The van der Waals surface area contributed by atoms with Gasteiger partial charge in [0.05, 0.1) is 16.0 Å². The SMILES string of the molecule is CC#CCN(CC(SCC)SCC)S(=O)(=O)c1ccc(C)cc1. The predicted molar refractivity (Wildman–Crippen MR) is 103 cm³/mol. The Hall–Kier alpha value is -0.610. The van der Waals surface area contributed by atoms with Crippen molar-refractivity contribution in [3.05, 3.63) is 29.8 Å². The van der Waals surface area contributed by atoms with Crippen molar-refractivity contribution in [3.63, 3.8) is 0 Å². The van der Waals surface area contributed by atoms with Gasteiger partial charge < -0.3 is 0 Å². The highest BCUT2D eigenvalue weighted by molar-refractivity contribution is 8.17. The van der Waals surface area contributed by atoms with Crippen molar-refractivity contribution in [1.29, 1.82) is 0 Å². The van der Waals surface area contributed by atoms with Crippen LogP contribution in [-0.4, -0.2) is 41.9 Å². The van der Waals surface area contributed by atoms with Crippen LogP contribution >= 0.6 is 23.5 Å². The summed E-state index contributed by atoms with van der Waals surface area (Å²) in [6, 6.07) is 7.00. The van der Waals surface area contributed by atoms with Crippen LogP contribution in [-0.2, 0) is 10.0 Å². The molecule has 0 radical (unpaired) electrons. The maximum absolute atomic E-state index is 12.9. The Morgan fingerprint density at radius 3 is 2.17 bits per heavy atom. The molecule has 1 aromatic carbocycles. The van der Waals surface area contributed by atoms with E-state index in [1.807, 2.05) is 19.1 Å². The highest BCUT2D eigenvalue weighted by Crippen LogP contribution is 2.26. The Kier molecular flexibility index (Phi) is 9.15. The average Bonchev–Trinajstić information content (AvgIpc) is 2.52. The van der Waals surface area contributed by atoms with E-state index in [1.54, 1.807) is 42.6 Å². The van der Waals surface area contributed by atoms with Crippen LogP contribution in [0.5, 0.6) is 0 Å². The first-order valence-corrected chi connectivity index (χ1v) is 11.2. The number of hydrogen-bond donors (Lipinski definition) is 0. The zero-order valence-corrected chi connectivity index (χ0v) is 16.7. The van der Waals surface area contributed by atoms with Crippen molar-refractivity contribution in [3.8, 4) is 11.8 Å². The summed E-state index contributed by atoms with van der Waals surface area (Å²) in [6.45, 7) is 8.58. The van der Waals surface area contributed by atoms with Gasteiger partial charge in [-0.3, -0.25) is 0 Å². The van der Waals surface area contributed by atoms with Crippen LogP contribution in [0.15, 0.2) is 29.2 Å². The topological polar surface area (TPSA) is 37.4 Å². The quantitative estimate of drug-likeness (QED) is 0.488. The minimum atomic E-state index is -3.52. The maximum atomic E-state index is 12.9. The predicted octanol–water partition coefficient (Wildman–Crippen LogP) is 3.84. The van der Waals surface area contributed by atoms with Gasteiger partial charge in [0, 0.05) is 6.54 Å². The second-order valence-corrected chi connectivity index (χ2v) is 10.1. The summed E-state index contributed by atoms with van der Waals surface area (Å²) >= 11 is 3.57. The number of nitrogens with zero attached hydrogens (tertiary/aromatic N) is 1. The third kappa shape index (κ3) is 6.42. The summed E-state index contributed by atoms with van der Waals surface area (Å²) < 4.78 is 27.6. The number of benzene rings is 1. The van der Waals surface area contributed by atoms with Gasteiger partial charge in [-0.05, 0) is 37.5 Å². The lowest BCUT2D eigenvalue weighted by molar-refractivity contribution is 0.462. The van der Waals surface area contributed by atoms with Crippen LogP contribution in [0.4, 0.5) is 0 Å². The van der Waals surface area contributed by atoms with Crippen LogP contribution in [0, 0.1) is 18.8 Å². The van der Waals surface area contributed by atoms with E-state index in [9.17, 15) is 8.42 Å². The molecule has 0 aromatic heterocycles. The van der Waals surface area contributed by atoms with Crippen molar-refractivity contribution in [1.82, 2.24) is 4.31 Å². The van der Waals surface area contributed by atoms with Gasteiger partial charge >= 0.3 is 0 Å². The Morgan fingerprint density at radius 2 is 1.70 bits per heavy atom. The molecule has 0 saturated heterocycles. The zero-order chi connectivity index (χ0) is 17.3. The Labute approximate surface area is 149 Å². The lowest BCUT2D eigenvalue weighted by atomic mass is 10.2. The van der Waals surface area contributed by atoms with E-state index in [1.165, 1.54) is 4.31 Å². The van der Waals surface area contributed by atoms with Gasteiger partial charge in [0.15, 0.2) is 0 Å². The van der Waals surface area contributed by atoms with E-state index < -0.39 is 10.0 Å². The highest BCUT2D eigenvalue weighted by atomic mass is 32.2. The molecule has 0 amide bonds. The van der Waals surface area contributed by atoms with Crippen molar-refractivity contribution in [2.24, 2.45) is 0 Å². The first kappa shape index (κ1) is 20.4. The summed E-state index contributed by atoms with van der Waals surface area (Å²) in [5.74, 6) is 7.64. The Balaban J connectivity index is 3.06. The molecule has 6 heteroatoms. The smallest absolute Gasteiger partial charge is 0.207 e. The van der Waals surface area contributed by atoms with Gasteiger partial charge in [0.25, 0.3) is 0 Å². The van der Waals surface area contributed by atoms with E-state index in [0.717, 1.165) is 17.1 Å². The van der Waals surface area contributed by atoms with Crippen LogP contribution < -0.4 is 0 Å². The third-order valence-electron chi connectivity index (χ3n) is 3.15. The molecule has 0 fully saturated rings. The molecular weight excluding hydrogens is 346 g/mol. The first-order chi connectivity index (χ1) is 11.0. The minimum absolute atomic E-state index is 0.226. The van der Waals surface area contributed by atoms with E-state index in [0.29, 0.717) is 11.4 Å². The number of rotatable bonds is 9. The van der Waals surface area contributed by atoms with E-state index >= 15 is 0 Å². The molecule has 0 unspecified atom stereocenters. The largest absolute Gasteiger partial charge is 0.244 e. The molecule has 0 heterocycles. The van der Waals surface area contributed by atoms with Gasteiger partial charge in [-0.2, -0.15) is 4.31 Å². The van der Waals surface area contributed by atoms with Crippen molar-refractivity contribution >= 4 is 33.5 Å². The summed E-state index contributed by atoms with van der Waals surface area (Å²) in [5.41, 5.74) is 1.05. The molecule has 3 nitrogen and oxygen atoms in total. The molecule has 0 aliphatic rings. The fraction of sp³-hybridized carbons (Fsp3) is 0.529. The first-order valence-electron chi connectivity index (χ1n) is 7.65. The van der Waals surface area contributed by atoms with Gasteiger partial charge in [0.2, 0.25) is 10.0 Å². The van der Waals surface area contributed by atoms with Gasteiger partial charge in [-0.25, -0.2) is 8.42 Å². The average molecular weight is 372 g/mol. The summed E-state index contributed by atoms with van der Waals surface area (Å²) in [4.78, 5) is 0.336. The molecule has 0 N–H and O–H groups in total. The van der Waals surface area contributed by atoms with Gasteiger partial charge in [-0.1, -0.05) is 37.5 Å². The zero-order valence-electron chi connectivity index (χ0n) is 14.2. The Morgan fingerprint density at radius 1 is 1.13 bits per heavy atom. The molecule has 0 atom stereocenters. The molecule has 0 bridgehead atoms. The van der Waals surface area contributed by atoms with Crippen LogP contribution in [0.1, 0.15) is 26.3 Å². The van der Waals surface area contributed by atoms with Crippen molar-refractivity contribution in [2.75, 3.05) is 24.6 Å². The number of hydrogen-bond acceptors (Lipinski definition) is 4. The molecule has 0 aliphatic carbocycles. The van der Waals surface area contributed by atoms with Crippen LogP contribution in [0.2, 0.25) is 0 Å². The molecular formula is C17H25NO2S3. The lowest BCUT2D eigenvalue weighted by Crippen LogP contribution is -2.36. The normalized spacial score (nSPS) is 11.6. The number of thioether (sulfide) groups is 2. The molecule has 23 heavy (non-hydrogen) atoms. The maximum Gasteiger partial charge on any atom is 0.244 e. The molecule has 128 valence electrons. The molecule has 0 aliphatic heterocycles. The van der Waals surface area contributed by atoms with Gasteiger partial charge in [0.1, 0.15) is 0 Å². The second kappa shape index (κ2) is 10.3. The summed E-state index contributed by atoms with van der Waals surface area (Å²) in [7, 11) is -3.52. The van der Waals surface area contributed by atoms with Crippen molar-refractivity contribution in [2.45, 2.75) is 37.2 Å². The fourth-order valence-corrected chi connectivity index (χ4v) is 6.03. The number of sulfonamides is 1. The molecule has 1 aromatic rings. The van der Waals surface area contributed by atoms with Gasteiger partial charge in [-0.15, -0.1) is 29.4 Å². The van der Waals surface area contributed by atoms with Crippen molar-refractivity contribution < 1.29 is 8.42 Å². The van der Waals surface area contributed by atoms with E-state index in [-0.39, 0.29) is 11.1 Å². The Bertz CT molecular complexity index is 624. The summed E-state index contributed by atoms with van der Waals surface area (Å²) in [5, 5.41) is 0. The van der Waals surface area contributed by atoms with Crippen LogP contribution in [0.3, 0.4) is 0 Å². The second-order valence-electron chi connectivity index (χ2n) is 4.88. The summed E-state index contributed by atoms with van der Waals surface area (Å²) in [6.07, 6.45) is 0. The third-order valence-corrected chi connectivity index (χ3v) is 7.50. The standard InChI is InChI=1S/C17H25NO2S3/c1-5-8-13-18(14-17(21-6-2)22-7-3)23(19,20)16-11-9-15(4)10-12-16/h9-12,17H,6-7,13-14H2,1-4H3. The fourth-order valence-electron chi connectivity index (χ4n) is 1.97. The highest BCUT2D eigenvalue weighted by Gasteiger charge is 2.26. The lowest BCUT2D eigenvalue weighted by Gasteiger charge is -2.24. The molecule has 1 rings (SSSR count). The van der Waals surface area contributed by atoms with E-state index in [4.69, 9.17) is 0 Å². The molecule has 0 spiro atoms.